The van der Waals surface area contributed by atoms with E-state index in [2.05, 4.69) is 9.62 Å². The number of rotatable bonds is 6. The molecular weight excluding hydrogens is 308 g/mol. The molecular formula is C14H20N2O5S. The third kappa shape index (κ3) is 4.51. The first-order chi connectivity index (χ1) is 10.4. The highest BCUT2D eigenvalue weighted by Crippen LogP contribution is 2.11. The summed E-state index contributed by atoms with van der Waals surface area (Å²) in [5.74, 6) is -1.09. The molecule has 0 amide bonds. The van der Waals surface area contributed by atoms with Crippen molar-refractivity contribution >= 4 is 16.0 Å². The maximum Gasteiger partial charge on any atom is 0.335 e. The van der Waals surface area contributed by atoms with Crippen molar-refractivity contribution in [3.8, 4) is 0 Å². The fourth-order valence-corrected chi connectivity index (χ4v) is 3.30. The zero-order chi connectivity index (χ0) is 16.2. The van der Waals surface area contributed by atoms with Crippen LogP contribution in [0.1, 0.15) is 16.8 Å². The number of morpholine rings is 1. The predicted octanol–water partition coefficient (Wildman–Crippen LogP) is 0.384. The summed E-state index contributed by atoms with van der Waals surface area (Å²) >= 11 is 0. The molecule has 1 atom stereocenters. The Balaban J connectivity index is 1.89. The number of carboxylic acids is 1. The number of nitrogens with zero attached hydrogens (tertiary/aromatic N) is 1. The largest absolute Gasteiger partial charge is 0.478 e. The molecule has 1 saturated heterocycles. The van der Waals surface area contributed by atoms with Gasteiger partial charge in [0.25, 0.3) is 0 Å². The Morgan fingerprint density at radius 2 is 2.09 bits per heavy atom. The molecule has 122 valence electrons. The first-order valence-corrected chi connectivity index (χ1v) is 8.50. The molecule has 0 radical (unpaired) electrons. The van der Waals surface area contributed by atoms with Gasteiger partial charge in [0.15, 0.2) is 0 Å². The Kier molecular flexibility index (Phi) is 5.52. The number of hydrogen-bond donors (Lipinski definition) is 2. The fraction of sp³-hybridized carbons (Fsp3) is 0.500. The Hall–Kier alpha value is -1.48. The molecule has 1 aromatic carbocycles. The molecule has 1 unspecified atom stereocenters. The van der Waals surface area contributed by atoms with Gasteiger partial charge in [-0.15, -0.1) is 0 Å². The van der Waals surface area contributed by atoms with Crippen molar-refractivity contribution < 1.29 is 23.1 Å². The molecule has 1 aliphatic heterocycles. The maximum absolute atomic E-state index is 12.1. The lowest BCUT2D eigenvalue weighted by Gasteiger charge is -2.30. The summed E-state index contributed by atoms with van der Waals surface area (Å²) in [5, 5.41) is 8.80. The third-order valence-corrected chi connectivity index (χ3v) is 4.99. The highest BCUT2D eigenvalue weighted by atomic mass is 32.2. The topological polar surface area (TPSA) is 95.9 Å². The number of likely N-dealkylation sites (N-methyl/N-ethyl adjacent to an activating group) is 1. The number of benzene rings is 1. The van der Waals surface area contributed by atoms with Crippen molar-refractivity contribution in [1.82, 2.24) is 9.62 Å². The van der Waals surface area contributed by atoms with Gasteiger partial charge in [-0.1, -0.05) is 0 Å². The third-order valence-electron chi connectivity index (χ3n) is 3.51. The summed E-state index contributed by atoms with van der Waals surface area (Å²) in [6, 6.07) is 5.12. The molecule has 1 fully saturated rings. The minimum Gasteiger partial charge on any atom is -0.478 e. The minimum absolute atomic E-state index is 0.0239. The van der Waals surface area contributed by atoms with Gasteiger partial charge < -0.3 is 14.7 Å². The van der Waals surface area contributed by atoms with Crippen LogP contribution in [0.5, 0.6) is 0 Å². The van der Waals surface area contributed by atoms with E-state index >= 15 is 0 Å². The smallest absolute Gasteiger partial charge is 0.335 e. The lowest BCUT2D eigenvalue weighted by Crippen LogP contribution is -2.41. The zero-order valence-corrected chi connectivity index (χ0v) is 13.2. The molecule has 8 heteroatoms. The number of aromatic carboxylic acids is 1. The predicted molar refractivity (Wildman–Crippen MR) is 80.4 cm³/mol. The number of ether oxygens (including phenoxy) is 1. The van der Waals surface area contributed by atoms with Crippen molar-refractivity contribution in [2.45, 2.75) is 17.4 Å². The van der Waals surface area contributed by atoms with Crippen LogP contribution in [0.4, 0.5) is 0 Å². The van der Waals surface area contributed by atoms with Crippen molar-refractivity contribution in [3.05, 3.63) is 29.8 Å². The summed E-state index contributed by atoms with van der Waals surface area (Å²) < 4.78 is 32.3. The van der Waals surface area contributed by atoms with E-state index in [1.165, 1.54) is 24.3 Å². The van der Waals surface area contributed by atoms with E-state index in [1.54, 1.807) is 0 Å². The first-order valence-electron chi connectivity index (χ1n) is 7.01. The number of carboxylic acid groups (broad SMARTS) is 1. The van der Waals surface area contributed by atoms with Gasteiger partial charge in [0.2, 0.25) is 10.0 Å². The molecule has 0 saturated carbocycles. The van der Waals surface area contributed by atoms with Gasteiger partial charge in [0, 0.05) is 19.6 Å². The van der Waals surface area contributed by atoms with Gasteiger partial charge in [-0.05, 0) is 37.7 Å². The van der Waals surface area contributed by atoms with E-state index in [-0.39, 0.29) is 23.1 Å². The standard InChI is InChI=1S/C14H20N2O5S/c1-16-8-9-21-12(10-16)6-7-15-22(19,20)13-4-2-11(3-5-13)14(17)18/h2-5,12,15H,6-10H2,1H3,(H,17,18). The molecule has 22 heavy (non-hydrogen) atoms. The van der Waals surface area contributed by atoms with Gasteiger partial charge in [0.05, 0.1) is 23.2 Å². The Morgan fingerprint density at radius 1 is 1.41 bits per heavy atom. The maximum atomic E-state index is 12.1. The number of sulfonamides is 1. The van der Waals surface area contributed by atoms with Crippen LogP contribution < -0.4 is 4.72 Å². The number of hydrogen-bond acceptors (Lipinski definition) is 5. The fourth-order valence-electron chi connectivity index (χ4n) is 2.26. The highest BCUT2D eigenvalue weighted by molar-refractivity contribution is 7.89. The minimum atomic E-state index is -3.63. The molecule has 0 aliphatic carbocycles. The summed E-state index contributed by atoms with van der Waals surface area (Å²) in [6.45, 7) is 2.61. The van der Waals surface area contributed by atoms with Crippen LogP contribution in [0, 0.1) is 0 Å². The van der Waals surface area contributed by atoms with Crippen molar-refractivity contribution in [2.24, 2.45) is 0 Å². The van der Waals surface area contributed by atoms with Crippen LogP contribution in [-0.4, -0.2) is 63.8 Å². The monoisotopic (exact) mass is 328 g/mol. The molecule has 0 aromatic heterocycles. The van der Waals surface area contributed by atoms with Gasteiger partial charge in [-0.2, -0.15) is 0 Å². The van der Waals surface area contributed by atoms with Crippen LogP contribution in [0.3, 0.4) is 0 Å². The summed E-state index contributed by atoms with van der Waals surface area (Å²) in [6.07, 6.45) is 0.618. The quantitative estimate of drug-likeness (QED) is 0.784. The molecule has 0 bridgehead atoms. The molecule has 2 rings (SSSR count). The normalized spacial score (nSPS) is 20.0. The van der Waals surface area contributed by atoms with Crippen molar-refractivity contribution in [1.29, 1.82) is 0 Å². The number of nitrogens with one attached hydrogen (secondary N) is 1. The lowest BCUT2D eigenvalue weighted by molar-refractivity contribution is -0.0222. The molecule has 1 aliphatic rings. The van der Waals surface area contributed by atoms with Crippen LogP contribution in [0.15, 0.2) is 29.2 Å². The molecule has 1 heterocycles. The molecule has 7 nitrogen and oxygen atoms in total. The van der Waals surface area contributed by atoms with E-state index in [1.807, 2.05) is 7.05 Å². The number of carbonyl (C=O) groups is 1. The van der Waals surface area contributed by atoms with Crippen LogP contribution in [-0.2, 0) is 14.8 Å². The SMILES string of the molecule is CN1CCOC(CCNS(=O)(=O)c2ccc(C(=O)O)cc2)C1. The average molecular weight is 328 g/mol. The Bertz CT molecular complexity index is 615. The zero-order valence-electron chi connectivity index (χ0n) is 12.4. The molecule has 2 N–H and O–H groups in total. The van der Waals surface area contributed by atoms with E-state index in [9.17, 15) is 13.2 Å². The van der Waals surface area contributed by atoms with Gasteiger partial charge in [0.1, 0.15) is 0 Å². The lowest BCUT2D eigenvalue weighted by atomic mass is 10.2. The van der Waals surface area contributed by atoms with E-state index in [4.69, 9.17) is 9.84 Å². The molecule has 1 aromatic rings. The van der Waals surface area contributed by atoms with Crippen molar-refractivity contribution in [3.63, 3.8) is 0 Å². The van der Waals surface area contributed by atoms with Gasteiger partial charge in [-0.25, -0.2) is 17.9 Å². The summed E-state index contributed by atoms with van der Waals surface area (Å²) in [4.78, 5) is 13.0. The first kappa shape index (κ1) is 16.9. The van der Waals surface area contributed by atoms with Crippen molar-refractivity contribution in [2.75, 3.05) is 33.3 Å². The van der Waals surface area contributed by atoms with Crippen LogP contribution in [0.2, 0.25) is 0 Å². The second-order valence-corrected chi connectivity index (χ2v) is 7.04. The average Bonchev–Trinajstić information content (AvgIpc) is 2.47. The second kappa shape index (κ2) is 7.19. The van der Waals surface area contributed by atoms with E-state index in [0.29, 0.717) is 13.0 Å². The van der Waals surface area contributed by atoms with E-state index < -0.39 is 16.0 Å². The van der Waals surface area contributed by atoms with Crippen LogP contribution in [0.25, 0.3) is 0 Å². The van der Waals surface area contributed by atoms with Gasteiger partial charge >= 0.3 is 5.97 Å². The van der Waals surface area contributed by atoms with Gasteiger partial charge in [-0.3, -0.25) is 0 Å². The summed E-state index contributed by atoms with van der Waals surface area (Å²) in [7, 11) is -1.63. The highest BCUT2D eigenvalue weighted by Gasteiger charge is 2.19. The Morgan fingerprint density at radius 3 is 2.68 bits per heavy atom. The van der Waals surface area contributed by atoms with Crippen LogP contribution >= 0.6 is 0 Å². The summed E-state index contributed by atoms with van der Waals surface area (Å²) in [5.41, 5.74) is 0.0533. The van der Waals surface area contributed by atoms with E-state index in [0.717, 1.165) is 13.1 Å². The molecule has 0 spiro atoms. The second-order valence-electron chi connectivity index (χ2n) is 5.27. The Labute approximate surface area is 129 Å².